The summed E-state index contributed by atoms with van der Waals surface area (Å²) in [6.07, 6.45) is 0.213. The molecular weight excluding hydrogens is 376 g/mol. The van der Waals surface area contributed by atoms with E-state index in [1.165, 1.54) is 11.8 Å². The van der Waals surface area contributed by atoms with Crippen molar-refractivity contribution < 1.29 is 19.2 Å². The number of nitrogens with zero attached hydrogens (tertiary/aromatic N) is 1. The van der Waals surface area contributed by atoms with Gasteiger partial charge in [0, 0.05) is 16.3 Å². The number of carbonyl (C=O) groups is 2. The van der Waals surface area contributed by atoms with Gasteiger partial charge in [0.05, 0.1) is 11.4 Å². The van der Waals surface area contributed by atoms with Crippen molar-refractivity contribution in [3.63, 3.8) is 0 Å². The average Bonchev–Trinajstić information content (AvgIpc) is 2.92. The Morgan fingerprint density at radius 3 is 2.46 bits per heavy atom. The van der Waals surface area contributed by atoms with E-state index in [1.54, 1.807) is 31.2 Å². The van der Waals surface area contributed by atoms with Crippen molar-refractivity contribution in [1.82, 2.24) is 10.5 Å². The van der Waals surface area contributed by atoms with Crippen molar-refractivity contribution in [1.29, 1.82) is 0 Å². The van der Waals surface area contributed by atoms with Gasteiger partial charge in [0.2, 0.25) is 5.91 Å². The number of benzene rings is 1. The topological polar surface area (TPSA) is 92.4 Å². The highest BCUT2D eigenvalue weighted by atomic mass is 35.5. The number of carboxylic acid groups (broad SMARTS) is 1. The van der Waals surface area contributed by atoms with E-state index in [9.17, 15) is 14.7 Å². The van der Waals surface area contributed by atoms with E-state index in [1.807, 2.05) is 13.8 Å². The maximum absolute atomic E-state index is 12.4. The lowest BCUT2D eigenvalue weighted by Gasteiger charge is -2.30. The zero-order valence-corrected chi connectivity index (χ0v) is 16.4. The maximum Gasteiger partial charge on any atom is 0.334 e. The maximum atomic E-state index is 12.4. The predicted octanol–water partition coefficient (Wildman–Crippen LogP) is 3.68. The molecule has 1 atom stereocenters. The number of aryl methyl sites for hydroxylation is 2. The van der Waals surface area contributed by atoms with Crippen molar-refractivity contribution in [3.8, 4) is 0 Å². The summed E-state index contributed by atoms with van der Waals surface area (Å²) in [5.41, 5.74) is 0.761. The van der Waals surface area contributed by atoms with Crippen LogP contribution in [-0.2, 0) is 20.9 Å². The van der Waals surface area contributed by atoms with Crippen molar-refractivity contribution in [2.45, 2.75) is 38.5 Å². The minimum absolute atomic E-state index is 0.132. The number of halogens is 1. The second kappa shape index (κ2) is 8.60. The van der Waals surface area contributed by atoms with Gasteiger partial charge < -0.3 is 14.9 Å². The lowest BCUT2D eigenvalue weighted by atomic mass is 9.87. The van der Waals surface area contributed by atoms with Gasteiger partial charge in [-0.1, -0.05) is 35.8 Å². The van der Waals surface area contributed by atoms with Crippen LogP contribution in [0.15, 0.2) is 28.8 Å². The zero-order chi connectivity index (χ0) is 19.3. The Hall–Kier alpha value is -1.99. The van der Waals surface area contributed by atoms with Crippen LogP contribution in [0.1, 0.15) is 35.9 Å². The molecule has 0 aliphatic heterocycles. The number of rotatable bonds is 8. The second-order valence-electron chi connectivity index (χ2n) is 5.91. The summed E-state index contributed by atoms with van der Waals surface area (Å²) < 4.78 is 5.10. The van der Waals surface area contributed by atoms with Gasteiger partial charge >= 0.3 is 5.97 Å². The molecule has 140 valence electrons. The molecule has 0 spiro atoms. The molecule has 1 heterocycles. The van der Waals surface area contributed by atoms with Crippen LogP contribution in [-0.4, -0.2) is 27.9 Å². The zero-order valence-electron chi connectivity index (χ0n) is 14.8. The van der Waals surface area contributed by atoms with E-state index in [2.05, 4.69) is 10.5 Å². The van der Waals surface area contributed by atoms with Crippen LogP contribution in [0.4, 0.5) is 0 Å². The normalized spacial score (nSPS) is 13.2. The van der Waals surface area contributed by atoms with E-state index in [0.29, 0.717) is 16.3 Å². The lowest BCUT2D eigenvalue weighted by molar-refractivity contribution is -0.148. The quantitative estimate of drug-likeness (QED) is 0.707. The first kappa shape index (κ1) is 20.3. The molecule has 0 fully saturated rings. The molecule has 1 aromatic heterocycles. The van der Waals surface area contributed by atoms with E-state index in [-0.39, 0.29) is 18.1 Å². The summed E-state index contributed by atoms with van der Waals surface area (Å²) in [6.45, 7) is 5.39. The van der Waals surface area contributed by atoms with Crippen LogP contribution in [0.5, 0.6) is 0 Å². The van der Waals surface area contributed by atoms with Crippen LogP contribution in [0.2, 0.25) is 5.02 Å². The molecule has 2 aromatic rings. The third-order valence-corrected chi connectivity index (χ3v) is 5.46. The molecule has 0 saturated heterocycles. The van der Waals surface area contributed by atoms with Crippen LogP contribution in [0.25, 0.3) is 0 Å². The number of carbonyl (C=O) groups excluding carboxylic acids is 1. The SMILES string of the molecule is CCC(NC(=O)CSCc1c(C)noc1C)(C(=O)O)c1ccc(Cl)cc1. The van der Waals surface area contributed by atoms with E-state index in [4.69, 9.17) is 16.1 Å². The monoisotopic (exact) mass is 396 g/mol. The van der Waals surface area contributed by atoms with Gasteiger partial charge in [-0.2, -0.15) is 0 Å². The lowest BCUT2D eigenvalue weighted by Crippen LogP contribution is -2.52. The number of thioether (sulfide) groups is 1. The summed E-state index contributed by atoms with van der Waals surface area (Å²) in [5, 5.41) is 16.8. The van der Waals surface area contributed by atoms with Crippen LogP contribution < -0.4 is 5.32 Å². The van der Waals surface area contributed by atoms with Gasteiger partial charge in [0.25, 0.3) is 0 Å². The van der Waals surface area contributed by atoms with Gasteiger partial charge in [-0.15, -0.1) is 11.8 Å². The highest BCUT2D eigenvalue weighted by molar-refractivity contribution is 7.99. The molecule has 8 heteroatoms. The highest BCUT2D eigenvalue weighted by Crippen LogP contribution is 2.27. The Kier molecular flexibility index (Phi) is 6.72. The number of amides is 1. The summed E-state index contributed by atoms with van der Waals surface area (Å²) in [7, 11) is 0. The number of carboxylic acids is 1. The molecule has 2 rings (SSSR count). The average molecular weight is 397 g/mol. The molecule has 0 saturated carbocycles. The summed E-state index contributed by atoms with van der Waals surface area (Å²) in [6, 6.07) is 6.47. The smallest absolute Gasteiger partial charge is 0.334 e. The minimum atomic E-state index is -1.48. The molecule has 0 radical (unpaired) electrons. The minimum Gasteiger partial charge on any atom is -0.479 e. The van der Waals surface area contributed by atoms with Crippen LogP contribution in [0, 0.1) is 13.8 Å². The highest BCUT2D eigenvalue weighted by Gasteiger charge is 2.40. The summed E-state index contributed by atoms with van der Waals surface area (Å²) in [4.78, 5) is 24.3. The van der Waals surface area contributed by atoms with Gasteiger partial charge in [-0.3, -0.25) is 4.79 Å². The number of nitrogens with one attached hydrogen (secondary N) is 1. The van der Waals surface area contributed by atoms with Crippen molar-refractivity contribution in [2.75, 3.05) is 5.75 Å². The third kappa shape index (κ3) is 4.40. The fourth-order valence-corrected chi connectivity index (χ4v) is 3.76. The van der Waals surface area contributed by atoms with Crippen molar-refractivity contribution in [3.05, 3.63) is 51.9 Å². The largest absolute Gasteiger partial charge is 0.479 e. The van der Waals surface area contributed by atoms with Crippen LogP contribution >= 0.6 is 23.4 Å². The molecule has 0 aliphatic carbocycles. The molecular formula is C18H21ClN2O4S. The molecule has 0 aliphatic rings. The Morgan fingerprint density at radius 1 is 1.31 bits per heavy atom. The van der Waals surface area contributed by atoms with E-state index < -0.39 is 11.5 Å². The fraction of sp³-hybridized carbons (Fsp3) is 0.389. The van der Waals surface area contributed by atoms with E-state index in [0.717, 1.165) is 17.0 Å². The molecule has 6 nitrogen and oxygen atoms in total. The molecule has 2 N–H and O–H groups in total. The molecule has 1 unspecified atom stereocenters. The van der Waals surface area contributed by atoms with E-state index >= 15 is 0 Å². The first-order chi connectivity index (χ1) is 12.3. The molecule has 1 aromatic carbocycles. The Labute approximate surface area is 161 Å². The molecule has 1 amide bonds. The van der Waals surface area contributed by atoms with Gasteiger partial charge in [-0.25, -0.2) is 4.79 Å². The van der Waals surface area contributed by atoms with Crippen molar-refractivity contribution >= 4 is 35.2 Å². The summed E-state index contributed by atoms with van der Waals surface area (Å²) in [5.74, 6) is -0.0219. The Balaban J connectivity index is 2.07. The third-order valence-electron chi connectivity index (χ3n) is 4.25. The van der Waals surface area contributed by atoms with Crippen molar-refractivity contribution in [2.24, 2.45) is 0 Å². The number of aromatic nitrogens is 1. The Morgan fingerprint density at radius 2 is 1.96 bits per heavy atom. The first-order valence-electron chi connectivity index (χ1n) is 8.10. The number of aliphatic carboxylic acids is 1. The van der Waals surface area contributed by atoms with Gasteiger partial charge in [-0.05, 0) is 38.0 Å². The number of hydrogen-bond donors (Lipinski definition) is 2. The fourth-order valence-electron chi connectivity index (χ4n) is 2.66. The standard InChI is InChI=1S/C18H21ClN2O4S/c1-4-18(17(23)24,13-5-7-14(19)8-6-13)20-16(22)10-26-9-15-11(2)21-25-12(15)3/h5-8H,4,9-10H2,1-3H3,(H,20,22)(H,23,24). The Bertz CT molecular complexity index is 771. The van der Waals surface area contributed by atoms with Gasteiger partial charge in [0.1, 0.15) is 5.76 Å². The predicted molar refractivity (Wildman–Crippen MR) is 101 cm³/mol. The molecule has 0 bridgehead atoms. The van der Waals surface area contributed by atoms with Crippen LogP contribution in [0.3, 0.4) is 0 Å². The molecule has 26 heavy (non-hydrogen) atoms. The first-order valence-corrected chi connectivity index (χ1v) is 9.63. The van der Waals surface area contributed by atoms with Gasteiger partial charge in [0.15, 0.2) is 5.54 Å². The number of hydrogen-bond acceptors (Lipinski definition) is 5. The second-order valence-corrected chi connectivity index (χ2v) is 7.34. The summed E-state index contributed by atoms with van der Waals surface area (Å²) >= 11 is 7.26.